The first kappa shape index (κ1) is 22.5. The lowest BCUT2D eigenvalue weighted by atomic mass is 10.1. The summed E-state index contributed by atoms with van der Waals surface area (Å²) in [6, 6.07) is 17.0. The van der Waals surface area contributed by atoms with Crippen LogP contribution in [0.1, 0.15) is 21.9 Å². The largest absolute Gasteiger partial charge is 0.459 e. The van der Waals surface area contributed by atoms with Crippen LogP contribution in [0.15, 0.2) is 81.8 Å². The smallest absolute Gasteiger partial charge is 0.291 e. The molecule has 0 saturated heterocycles. The molecule has 0 fully saturated rings. The molecule has 6 nitrogen and oxygen atoms in total. The second-order valence-corrected chi connectivity index (χ2v) is 7.95. The third-order valence-electron chi connectivity index (χ3n) is 4.72. The minimum absolute atomic E-state index is 0.196. The molecule has 0 atom stereocenters. The standard InChI is InChI=1S/C25H18Cl2N2O4/c1-15-4-6-17(28-25(31)23-3-2-12-32-23)14-21(15)29-24(30)11-8-18-7-10-22(33-18)19-9-5-16(26)13-20(19)27/h2-14H,1H3,(H,28,31)(H,29,30)/b11-8+. The highest BCUT2D eigenvalue weighted by Gasteiger charge is 2.11. The molecule has 8 heteroatoms. The number of aryl methyl sites for hydroxylation is 1. The maximum Gasteiger partial charge on any atom is 0.291 e. The van der Waals surface area contributed by atoms with Crippen LogP contribution in [0.25, 0.3) is 17.4 Å². The zero-order chi connectivity index (χ0) is 23.4. The number of hydrogen-bond acceptors (Lipinski definition) is 4. The van der Waals surface area contributed by atoms with E-state index in [4.69, 9.17) is 32.0 Å². The monoisotopic (exact) mass is 480 g/mol. The van der Waals surface area contributed by atoms with Crippen molar-refractivity contribution in [3.05, 3.63) is 100 Å². The number of furan rings is 2. The molecule has 166 valence electrons. The van der Waals surface area contributed by atoms with Gasteiger partial charge in [-0.15, -0.1) is 0 Å². The number of nitrogens with one attached hydrogen (secondary N) is 2. The quantitative estimate of drug-likeness (QED) is 0.289. The Balaban J connectivity index is 1.42. The lowest BCUT2D eigenvalue weighted by Crippen LogP contribution is -2.12. The number of amides is 2. The normalized spacial score (nSPS) is 11.0. The Bertz CT molecular complexity index is 1340. The van der Waals surface area contributed by atoms with E-state index in [1.54, 1.807) is 66.7 Å². The van der Waals surface area contributed by atoms with Crippen LogP contribution < -0.4 is 10.6 Å². The highest BCUT2D eigenvalue weighted by molar-refractivity contribution is 6.36. The van der Waals surface area contributed by atoms with E-state index in [0.29, 0.717) is 38.5 Å². The van der Waals surface area contributed by atoms with Gasteiger partial charge in [0.1, 0.15) is 11.5 Å². The number of hydrogen-bond donors (Lipinski definition) is 2. The molecule has 0 unspecified atom stereocenters. The van der Waals surface area contributed by atoms with E-state index in [0.717, 1.165) is 5.56 Å². The van der Waals surface area contributed by atoms with E-state index in [1.165, 1.54) is 12.3 Å². The van der Waals surface area contributed by atoms with Crippen molar-refractivity contribution in [3.63, 3.8) is 0 Å². The molecule has 0 spiro atoms. The minimum Gasteiger partial charge on any atom is -0.459 e. The number of carbonyl (C=O) groups is 2. The van der Waals surface area contributed by atoms with E-state index < -0.39 is 0 Å². The van der Waals surface area contributed by atoms with E-state index in [1.807, 2.05) is 6.92 Å². The van der Waals surface area contributed by atoms with Crippen molar-refractivity contribution in [2.45, 2.75) is 6.92 Å². The van der Waals surface area contributed by atoms with Crippen LogP contribution in [0, 0.1) is 6.92 Å². The van der Waals surface area contributed by atoms with Gasteiger partial charge >= 0.3 is 0 Å². The number of carbonyl (C=O) groups excluding carboxylic acids is 2. The van der Waals surface area contributed by atoms with Crippen molar-refractivity contribution in [1.82, 2.24) is 0 Å². The zero-order valence-corrected chi connectivity index (χ0v) is 18.9. The van der Waals surface area contributed by atoms with Crippen molar-refractivity contribution in [2.24, 2.45) is 0 Å². The number of benzene rings is 2. The molecule has 4 rings (SSSR count). The molecule has 0 radical (unpaired) electrons. The molecule has 0 saturated carbocycles. The van der Waals surface area contributed by atoms with Gasteiger partial charge in [-0.3, -0.25) is 9.59 Å². The fourth-order valence-corrected chi connectivity index (χ4v) is 3.55. The van der Waals surface area contributed by atoms with Gasteiger partial charge in [-0.05, 0) is 73.2 Å². The zero-order valence-electron chi connectivity index (χ0n) is 17.4. The summed E-state index contributed by atoms with van der Waals surface area (Å²) in [6.45, 7) is 1.85. The number of rotatable bonds is 6. The SMILES string of the molecule is Cc1ccc(NC(=O)c2ccco2)cc1NC(=O)/C=C/c1ccc(-c2ccc(Cl)cc2Cl)o1. The number of halogens is 2. The van der Waals surface area contributed by atoms with Gasteiger partial charge in [0.2, 0.25) is 5.91 Å². The van der Waals surface area contributed by atoms with Gasteiger partial charge in [-0.2, -0.15) is 0 Å². The summed E-state index contributed by atoms with van der Waals surface area (Å²) < 4.78 is 10.9. The summed E-state index contributed by atoms with van der Waals surface area (Å²) in [5.74, 6) is 0.516. The molecule has 2 aromatic heterocycles. The lowest BCUT2D eigenvalue weighted by molar-refractivity contribution is -0.111. The molecule has 0 aliphatic rings. The number of anilines is 2. The van der Waals surface area contributed by atoms with Gasteiger partial charge in [0.15, 0.2) is 5.76 Å². The summed E-state index contributed by atoms with van der Waals surface area (Å²) >= 11 is 12.2. The fourth-order valence-electron chi connectivity index (χ4n) is 3.04. The molecular weight excluding hydrogens is 463 g/mol. The summed E-state index contributed by atoms with van der Waals surface area (Å²) in [7, 11) is 0. The van der Waals surface area contributed by atoms with E-state index in [9.17, 15) is 9.59 Å². The molecule has 2 aromatic carbocycles. The highest BCUT2D eigenvalue weighted by atomic mass is 35.5. The van der Waals surface area contributed by atoms with Gasteiger partial charge < -0.3 is 19.5 Å². The highest BCUT2D eigenvalue weighted by Crippen LogP contribution is 2.31. The predicted octanol–water partition coefficient (Wildman–Crippen LogP) is 7.06. The van der Waals surface area contributed by atoms with Crippen LogP contribution in [-0.4, -0.2) is 11.8 Å². The second-order valence-electron chi connectivity index (χ2n) is 7.11. The molecule has 2 heterocycles. The van der Waals surface area contributed by atoms with Crippen LogP contribution in [0.4, 0.5) is 11.4 Å². The first-order valence-corrected chi connectivity index (χ1v) is 10.6. The summed E-state index contributed by atoms with van der Waals surface area (Å²) in [5, 5.41) is 6.54. The molecule has 2 amide bonds. The molecule has 0 bridgehead atoms. The van der Waals surface area contributed by atoms with Crippen molar-refractivity contribution >= 4 is 52.5 Å². The predicted molar refractivity (Wildman–Crippen MR) is 130 cm³/mol. The van der Waals surface area contributed by atoms with Crippen molar-refractivity contribution in [3.8, 4) is 11.3 Å². The molecule has 0 aliphatic carbocycles. The summed E-state index contributed by atoms with van der Waals surface area (Å²) in [4.78, 5) is 24.6. The van der Waals surface area contributed by atoms with Crippen LogP contribution in [-0.2, 0) is 4.79 Å². The second kappa shape index (κ2) is 9.81. The Morgan fingerprint density at radius 3 is 2.58 bits per heavy atom. The Morgan fingerprint density at radius 1 is 0.970 bits per heavy atom. The molecule has 2 N–H and O–H groups in total. The summed E-state index contributed by atoms with van der Waals surface area (Å²) in [5.41, 5.74) is 2.63. The molecular formula is C25H18Cl2N2O4. The molecule has 4 aromatic rings. The van der Waals surface area contributed by atoms with Gasteiger partial charge in [0.25, 0.3) is 5.91 Å². The maximum atomic E-state index is 12.4. The van der Waals surface area contributed by atoms with Gasteiger partial charge in [-0.25, -0.2) is 0 Å². The van der Waals surface area contributed by atoms with Crippen LogP contribution in [0.2, 0.25) is 10.0 Å². The van der Waals surface area contributed by atoms with Crippen LogP contribution >= 0.6 is 23.2 Å². The van der Waals surface area contributed by atoms with Gasteiger partial charge in [-0.1, -0.05) is 29.3 Å². The van der Waals surface area contributed by atoms with E-state index in [2.05, 4.69) is 10.6 Å². The average molecular weight is 481 g/mol. The van der Waals surface area contributed by atoms with Crippen LogP contribution in [0.3, 0.4) is 0 Å². The van der Waals surface area contributed by atoms with E-state index in [-0.39, 0.29) is 17.6 Å². The third kappa shape index (κ3) is 5.55. The summed E-state index contributed by atoms with van der Waals surface area (Å²) in [6.07, 6.45) is 4.34. The maximum absolute atomic E-state index is 12.4. The topological polar surface area (TPSA) is 84.5 Å². The fraction of sp³-hybridized carbons (Fsp3) is 0.0400. The van der Waals surface area contributed by atoms with Gasteiger partial charge in [0.05, 0.1) is 11.3 Å². The average Bonchev–Trinajstić information content (AvgIpc) is 3.47. The Hall–Kier alpha value is -3.74. The van der Waals surface area contributed by atoms with Crippen molar-refractivity contribution < 1.29 is 18.4 Å². The van der Waals surface area contributed by atoms with Gasteiger partial charge in [0, 0.05) is 28.0 Å². The molecule has 0 aliphatic heterocycles. The Kier molecular flexibility index (Phi) is 6.68. The lowest BCUT2D eigenvalue weighted by Gasteiger charge is -2.10. The van der Waals surface area contributed by atoms with E-state index >= 15 is 0 Å². The van der Waals surface area contributed by atoms with Crippen LogP contribution in [0.5, 0.6) is 0 Å². The Morgan fingerprint density at radius 2 is 1.82 bits per heavy atom. The third-order valence-corrected chi connectivity index (χ3v) is 5.27. The minimum atomic E-state index is -0.379. The Labute approximate surface area is 199 Å². The van der Waals surface area contributed by atoms with Crippen molar-refractivity contribution in [2.75, 3.05) is 10.6 Å². The first-order chi connectivity index (χ1) is 15.9. The first-order valence-electron chi connectivity index (χ1n) is 9.89. The van der Waals surface area contributed by atoms with Crippen molar-refractivity contribution in [1.29, 1.82) is 0 Å². The molecule has 33 heavy (non-hydrogen) atoms.